The van der Waals surface area contributed by atoms with Crippen molar-refractivity contribution < 1.29 is 0 Å². The fraction of sp³-hybridized carbons (Fsp3) is 1.00. The molecule has 28 heavy (non-hydrogen) atoms. The molecule has 5 rings (SSSR count). The van der Waals surface area contributed by atoms with Gasteiger partial charge >= 0.3 is 0 Å². The van der Waals surface area contributed by atoms with E-state index in [1.54, 1.807) is 0 Å². The van der Waals surface area contributed by atoms with Gasteiger partial charge < -0.3 is 0 Å². The zero-order valence-corrected chi connectivity index (χ0v) is 21.6. The summed E-state index contributed by atoms with van der Waals surface area (Å²) < 4.78 is 0. The van der Waals surface area contributed by atoms with Crippen molar-refractivity contribution in [2.45, 2.75) is 146 Å². The summed E-state index contributed by atoms with van der Waals surface area (Å²) in [5.74, 6) is 2.10. The van der Waals surface area contributed by atoms with Crippen molar-refractivity contribution in [3.8, 4) is 0 Å². The molecule has 0 heteroatoms. The second-order valence-corrected chi connectivity index (χ2v) is 13.2. The lowest BCUT2D eigenvalue weighted by Crippen LogP contribution is -2.20. The molecular formula is C28H56. The quantitative estimate of drug-likeness (QED) is 0.438. The average Bonchev–Trinajstić information content (AvgIpc) is 3.46. The lowest BCUT2D eigenvalue weighted by molar-refractivity contribution is 0.190. The predicted octanol–water partition coefficient (Wildman–Crippen LogP) is 10.1. The number of hydrogen-bond donors (Lipinski definition) is 0. The van der Waals surface area contributed by atoms with Gasteiger partial charge in [0.2, 0.25) is 0 Å². The molecule has 0 nitrogen and oxygen atoms in total. The van der Waals surface area contributed by atoms with Crippen molar-refractivity contribution in [1.82, 2.24) is 0 Å². The van der Waals surface area contributed by atoms with Crippen molar-refractivity contribution in [2.24, 2.45) is 33.5 Å². The van der Waals surface area contributed by atoms with Crippen LogP contribution in [-0.2, 0) is 0 Å². The molecule has 0 aromatic heterocycles. The molecule has 0 bridgehead atoms. The molecule has 0 spiro atoms. The van der Waals surface area contributed by atoms with Crippen molar-refractivity contribution >= 4 is 0 Å². The molecule has 5 saturated carbocycles. The summed E-state index contributed by atoms with van der Waals surface area (Å²) in [4.78, 5) is 0. The summed E-state index contributed by atoms with van der Waals surface area (Å²) in [6.45, 7) is 23.1. The first kappa shape index (κ1) is 26.0. The van der Waals surface area contributed by atoms with Gasteiger partial charge in [0, 0.05) is 0 Å². The third-order valence-corrected chi connectivity index (χ3v) is 8.38. The minimum absolute atomic E-state index is 0.722. The Labute approximate surface area is 180 Å². The molecule has 168 valence electrons. The van der Waals surface area contributed by atoms with Gasteiger partial charge in [-0.1, -0.05) is 88.5 Å². The molecule has 5 fully saturated rings. The summed E-state index contributed by atoms with van der Waals surface area (Å²) in [5, 5.41) is 0. The summed E-state index contributed by atoms with van der Waals surface area (Å²) in [5.41, 5.74) is 3.06. The molecule has 0 aromatic carbocycles. The second-order valence-electron chi connectivity index (χ2n) is 13.2. The topological polar surface area (TPSA) is 0 Å². The van der Waals surface area contributed by atoms with E-state index in [0.717, 1.165) is 33.5 Å². The van der Waals surface area contributed by atoms with E-state index in [1.807, 2.05) is 0 Å². The van der Waals surface area contributed by atoms with Gasteiger partial charge in [-0.25, -0.2) is 0 Å². The first-order valence-corrected chi connectivity index (χ1v) is 12.8. The van der Waals surface area contributed by atoms with Crippen LogP contribution >= 0.6 is 0 Å². The van der Waals surface area contributed by atoms with Crippen LogP contribution in [0.25, 0.3) is 0 Å². The fourth-order valence-electron chi connectivity index (χ4n) is 2.78. The van der Waals surface area contributed by atoms with E-state index in [2.05, 4.69) is 69.2 Å². The largest absolute Gasteiger partial charge is 0.0649 e. The van der Waals surface area contributed by atoms with E-state index in [4.69, 9.17) is 0 Å². The first-order valence-electron chi connectivity index (χ1n) is 12.8. The normalized spacial score (nSPS) is 31.9. The maximum absolute atomic E-state index is 2.35. The highest BCUT2D eigenvalue weighted by atomic mass is 14.4. The van der Waals surface area contributed by atoms with Gasteiger partial charge in [-0.15, -0.1) is 0 Å². The molecule has 0 aliphatic heterocycles. The first-order chi connectivity index (χ1) is 12.8. The minimum atomic E-state index is 0.722. The lowest BCUT2D eigenvalue weighted by Gasteiger charge is -2.33. The molecule has 2 unspecified atom stereocenters. The maximum atomic E-state index is 2.35. The van der Waals surface area contributed by atoms with E-state index in [9.17, 15) is 0 Å². The van der Waals surface area contributed by atoms with Gasteiger partial charge in [0.15, 0.2) is 0 Å². The molecule has 0 N–H and O–H groups in total. The second kappa shape index (κ2) is 10.3. The van der Waals surface area contributed by atoms with Gasteiger partial charge in [0.05, 0.1) is 0 Å². The lowest BCUT2D eigenvalue weighted by atomic mass is 9.72. The summed E-state index contributed by atoms with van der Waals surface area (Å²) in [6.07, 6.45) is 17.4. The number of hydrogen-bond acceptors (Lipinski definition) is 0. The Hall–Kier alpha value is 0. The Bertz CT molecular complexity index is 391. The Kier molecular flexibility index (Phi) is 9.62. The Balaban J connectivity index is 0.000000175. The van der Waals surface area contributed by atoms with Crippen molar-refractivity contribution in [2.75, 3.05) is 0 Å². The molecule has 0 radical (unpaired) electrons. The molecule has 2 atom stereocenters. The van der Waals surface area contributed by atoms with Crippen molar-refractivity contribution in [3.63, 3.8) is 0 Å². The van der Waals surface area contributed by atoms with Gasteiger partial charge in [-0.3, -0.25) is 0 Å². The van der Waals surface area contributed by atoms with Crippen LogP contribution in [0.1, 0.15) is 146 Å². The summed E-state index contributed by atoms with van der Waals surface area (Å²) >= 11 is 0. The molecule has 0 aromatic rings. The highest BCUT2D eigenvalue weighted by Gasteiger charge is 2.35. The van der Waals surface area contributed by atoms with Crippen molar-refractivity contribution in [1.29, 1.82) is 0 Å². The monoisotopic (exact) mass is 392 g/mol. The van der Waals surface area contributed by atoms with E-state index < -0.39 is 0 Å². The molecule has 5 aliphatic rings. The van der Waals surface area contributed by atoms with Gasteiger partial charge in [-0.05, 0) is 91.3 Å². The average molecular weight is 393 g/mol. The van der Waals surface area contributed by atoms with Crippen molar-refractivity contribution in [3.05, 3.63) is 0 Å². The minimum Gasteiger partial charge on any atom is -0.0649 e. The zero-order chi connectivity index (χ0) is 21.6. The van der Waals surface area contributed by atoms with Crippen LogP contribution in [0.4, 0.5) is 0 Å². The van der Waals surface area contributed by atoms with Crippen LogP contribution in [0, 0.1) is 33.5 Å². The number of rotatable bonds is 2. The SMILES string of the molecule is CC1(C)CC1.CC1(C)CCC1.CC1CC1C.CCC1(C)CC1.CCC1(C)CC1. The van der Waals surface area contributed by atoms with Crippen LogP contribution in [0.3, 0.4) is 0 Å². The van der Waals surface area contributed by atoms with Gasteiger partial charge in [0.25, 0.3) is 0 Å². The van der Waals surface area contributed by atoms with E-state index in [1.165, 1.54) is 77.0 Å². The van der Waals surface area contributed by atoms with Crippen LogP contribution in [0.15, 0.2) is 0 Å². The van der Waals surface area contributed by atoms with E-state index in [-0.39, 0.29) is 0 Å². The highest BCUT2D eigenvalue weighted by Crippen LogP contribution is 2.48. The van der Waals surface area contributed by atoms with Crippen LogP contribution < -0.4 is 0 Å². The smallest absolute Gasteiger partial charge is 0.0328 e. The predicted molar refractivity (Wildman–Crippen MR) is 129 cm³/mol. The summed E-state index contributed by atoms with van der Waals surface area (Å²) in [6, 6.07) is 0. The molecule has 5 aliphatic carbocycles. The van der Waals surface area contributed by atoms with Crippen LogP contribution in [0.5, 0.6) is 0 Å². The van der Waals surface area contributed by atoms with Crippen LogP contribution in [-0.4, -0.2) is 0 Å². The molecule has 0 saturated heterocycles. The van der Waals surface area contributed by atoms with E-state index in [0.29, 0.717) is 0 Å². The van der Waals surface area contributed by atoms with Gasteiger partial charge in [0.1, 0.15) is 0 Å². The standard InChI is InChI=1S/3C6H12.2C5H10/c1-6(2)4-3-5-6;2*1-3-6(2)4-5-6;1-5(2)3-4-5;1-4-3-5(4)2/h3*3-5H2,1-2H3;3-4H2,1-2H3;4-5H,3H2,1-2H3. The zero-order valence-electron chi connectivity index (χ0n) is 21.6. The molecular weight excluding hydrogens is 336 g/mol. The third kappa shape index (κ3) is 13.3. The molecule has 0 amide bonds. The van der Waals surface area contributed by atoms with E-state index >= 15 is 0 Å². The fourth-order valence-corrected chi connectivity index (χ4v) is 2.78. The third-order valence-electron chi connectivity index (χ3n) is 8.38. The molecule has 0 heterocycles. The Morgan fingerprint density at radius 3 is 0.750 bits per heavy atom. The summed E-state index contributed by atoms with van der Waals surface area (Å²) in [7, 11) is 0. The van der Waals surface area contributed by atoms with Crippen LogP contribution in [0.2, 0.25) is 0 Å². The van der Waals surface area contributed by atoms with Gasteiger partial charge in [-0.2, -0.15) is 0 Å². The maximum Gasteiger partial charge on any atom is -0.0328 e. The highest BCUT2D eigenvalue weighted by molar-refractivity contribution is 4.86. The Morgan fingerprint density at radius 1 is 0.536 bits per heavy atom. The Morgan fingerprint density at radius 2 is 0.750 bits per heavy atom.